The van der Waals surface area contributed by atoms with Gasteiger partial charge in [0.1, 0.15) is 5.65 Å². The summed E-state index contributed by atoms with van der Waals surface area (Å²) in [5, 5.41) is 8.44. The largest absolute Gasteiger partial charge is 0.383 e. The maximum atomic E-state index is 5.12. The quantitative estimate of drug-likeness (QED) is 0.590. The number of nitrogens with zero attached hydrogens (tertiary/aromatic N) is 4. The van der Waals surface area contributed by atoms with Crippen LogP contribution in [0.3, 0.4) is 0 Å². The van der Waals surface area contributed by atoms with E-state index in [1.165, 1.54) is 0 Å². The second-order valence-corrected chi connectivity index (χ2v) is 5.78. The SMILES string of the molecule is COCC(C)Nc1ncc2c(-c3ccn4nccc4c3)c[nH]c2n1. The van der Waals surface area contributed by atoms with Crippen LogP contribution < -0.4 is 5.32 Å². The van der Waals surface area contributed by atoms with Crippen LogP contribution in [0.15, 0.2) is 43.0 Å². The third-order valence-electron chi connectivity index (χ3n) is 3.93. The number of H-pyrrole nitrogens is 1. The molecule has 2 N–H and O–H groups in total. The van der Waals surface area contributed by atoms with Crippen LogP contribution in [-0.4, -0.2) is 44.3 Å². The Kier molecular flexibility index (Phi) is 3.62. The van der Waals surface area contributed by atoms with Crippen molar-refractivity contribution in [2.24, 2.45) is 0 Å². The molecule has 0 radical (unpaired) electrons. The molecular weight excluding hydrogens is 304 g/mol. The molecule has 4 rings (SSSR count). The molecule has 0 saturated heterocycles. The summed E-state index contributed by atoms with van der Waals surface area (Å²) >= 11 is 0. The van der Waals surface area contributed by atoms with Crippen LogP contribution in [-0.2, 0) is 4.74 Å². The number of hydrogen-bond donors (Lipinski definition) is 2. The number of rotatable bonds is 5. The van der Waals surface area contributed by atoms with Gasteiger partial charge < -0.3 is 15.0 Å². The zero-order chi connectivity index (χ0) is 16.5. The molecule has 0 bridgehead atoms. The van der Waals surface area contributed by atoms with Gasteiger partial charge in [0.25, 0.3) is 0 Å². The maximum Gasteiger partial charge on any atom is 0.224 e. The Morgan fingerprint density at radius 1 is 1.38 bits per heavy atom. The standard InChI is InChI=1S/C17H18N6O/c1-11(10-24-2)21-17-19-9-15-14(8-18-16(15)22-17)12-4-6-23-13(7-12)3-5-20-23/h3-9,11H,10H2,1-2H3,(H2,18,19,21,22). The van der Waals surface area contributed by atoms with Gasteiger partial charge in [0, 0.05) is 48.9 Å². The average Bonchev–Trinajstić information content (AvgIpc) is 3.20. The first-order chi connectivity index (χ1) is 11.7. The lowest BCUT2D eigenvalue weighted by Crippen LogP contribution is -2.22. The Hall–Kier alpha value is -2.93. The highest BCUT2D eigenvalue weighted by Crippen LogP contribution is 2.28. The highest BCUT2D eigenvalue weighted by molar-refractivity contribution is 5.94. The molecule has 4 aromatic heterocycles. The number of methoxy groups -OCH3 is 1. The van der Waals surface area contributed by atoms with Crippen LogP contribution in [0.25, 0.3) is 27.7 Å². The van der Waals surface area contributed by atoms with E-state index in [-0.39, 0.29) is 6.04 Å². The molecule has 4 aromatic rings. The average molecular weight is 322 g/mol. The first-order valence-corrected chi connectivity index (χ1v) is 7.78. The second-order valence-electron chi connectivity index (χ2n) is 5.78. The summed E-state index contributed by atoms with van der Waals surface area (Å²) in [6.07, 6.45) is 7.55. The number of ether oxygens (including phenoxy) is 1. The monoisotopic (exact) mass is 322 g/mol. The van der Waals surface area contributed by atoms with Crippen molar-refractivity contribution in [1.82, 2.24) is 24.6 Å². The molecule has 0 fully saturated rings. The van der Waals surface area contributed by atoms with E-state index < -0.39 is 0 Å². The van der Waals surface area contributed by atoms with Crippen molar-refractivity contribution in [2.75, 3.05) is 19.0 Å². The normalized spacial score (nSPS) is 12.8. The molecule has 0 aromatic carbocycles. The predicted octanol–water partition coefficient (Wildman–Crippen LogP) is 2.72. The van der Waals surface area contributed by atoms with Crippen LogP contribution >= 0.6 is 0 Å². The summed E-state index contributed by atoms with van der Waals surface area (Å²) in [5.41, 5.74) is 4.03. The Bertz CT molecular complexity index is 989. The molecule has 4 heterocycles. The number of aromatic nitrogens is 5. The van der Waals surface area contributed by atoms with E-state index >= 15 is 0 Å². The fraction of sp³-hybridized carbons (Fsp3) is 0.235. The number of aromatic amines is 1. The van der Waals surface area contributed by atoms with Crippen molar-refractivity contribution < 1.29 is 4.74 Å². The van der Waals surface area contributed by atoms with Crippen molar-refractivity contribution >= 4 is 22.5 Å². The van der Waals surface area contributed by atoms with Gasteiger partial charge in [-0.15, -0.1) is 0 Å². The van der Waals surface area contributed by atoms with Gasteiger partial charge in [0.05, 0.1) is 12.1 Å². The fourth-order valence-corrected chi connectivity index (χ4v) is 2.82. The number of fused-ring (bicyclic) bond motifs is 2. The molecule has 7 heteroatoms. The van der Waals surface area contributed by atoms with Gasteiger partial charge in [-0.2, -0.15) is 10.1 Å². The van der Waals surface area contributed by atoms with Crippen LogP contribution in [0.4, 0.5) is 5.95 Å². The lowest BCUT2D eigenvalue weighted by molar-refractivity contribution is 0.190. The molecule has 24 heavy (non-hydrogen) atoms. The molecule has 1 unspecified atom stereocenters. The first kappa shape index (κ1) is 14.6. The van der Waals surface area contributed by atoms with E-state index in [4.69, 9.17) is 4.74 Å². The summed E-state index contributed by atoms with van der Waals surface area (Å²) in [4.78, 5) is 12.2. The Balaban J connectivity index is 1.69. The topological polar surface area (TPSA) is 80.1 Å². The summed E-state index contributed by atoms with van der Waals surface area (Å²) in [6, 6.07) is 6.26. The Labute approximate surface area is 138 Å². The van der Waals surface area contributed by atoms with Crippen LogP contribution in [0.1, 0.15) is 6.92 Å². The third kappa shape index (κ3) is 2.59. The minimum Gasteiger partial charge on any atom is -0.383 e. The van der Waals surface area contributed by atoms with E-state index in [0.29, 0.717) is 12.6 Å². The minimum atomic E-state index is 0.145. The zero-order valence-corrected chi connectivity index (χ0v) is 13.5. The lowest BCUT2D eigenvalue weighted by Gasteiger charge is -2.12. The van der Waals surface area contributed by atoms with Gasteiger partial charge >= 0.3 is 0 Å². The Morgan fingerprint density at radius 2 is 2.29 bits per heavy atom. The zero-order valence-electron chi connectivity index (χ0n) is 13.5. The summed E-state index contributed by atoms with van der Waals surface area (Å²) < 4.78 is 6.96. The number of pyridine rings is 1. The van der Waals surface area contributed by atoms with Crippen molar-refractivity contribution in [3.05, 3.63) is 43.0 Å². The van der Waals surface area contributed by atoms with E-state index in [0.717, 1.165) is 27.7 Å². The van der Waals surface area contributed by atoms with Crippen molar-refractivity contribution in [3.8, 4) is 11.1 Å². The highest BCUT2D eigenvalue weighted by atomic mass is 16.5. The van der Waals surface area contributed by atoms with Gasteiger partial charge in [0.15, 0.2) is 0 Å². The molecule has 0 aliphatic carbocycles. The summed E-state index contributed by atoms with van der Waals surface area (Å²) in [6.45, 7) is 2.63. The molecule has 0 aliphatic heterocycles. The van der Waals surface area contributed by atoms with E-state index in [2.05, 4.69) is 31.4 Å². The molecule has 122 valence electrons. The summed E-state index contributed by atoms with van der Waals surface area (Å²) in [7, 11) is 1.68. The maximum absolute atomic E-state index is 5.12. The van der Waals surface area contributed by atoms with Crippen LogP contribution in [0.2, 0.25) is 0 Å². The third-order valence-corrected chi connectivity index (χ3v) is 3.93. The minimum absolute atomic E-state index is 0.145. The highest BCUT2D eigenvalue weighted by Gasteiger charge is 2.11. The van der Waals surface area contributed by atoms with Crippen LogP contribution in [0, 0.1) is 0 Å². The second kappa shape index (κ2) is 5.93. The lowest BCUT2D eigenvalue weighted by atomic mass is 10.1. The number of anilines is 1. The molecule has 0 amide bonds. The number of nitrogens with one attached hydrogen (secondary N) is 2. The van der Waals surface area contributed by atoms with Gasteiger partial charge in [-0.05, 0) is 30.7 Å². The van der Waals surface area contributed by atoms with Gasteiger partial charge in [0.2, 0.25) is 5.95 Å². The number of hydrogen-bond acceptors (Lipinski definition) is 5. The first-order valence-electron chi connectivity index (χ1n) is 7.78. The fourth-order valence-electron chi connectivity index (χ4n) is 2.82. The molecular formula is C17H18N6O. The van der Waals surface area contributed by atoms with E-state index in [1.807, 2.05) is 42.2 Å². The van der Waals surface area contributed by atoms with Gasteiger partial charge in [-0.25, -0.2) is 9.50 Å². The van der Waals surface area contributed by atoms with Crippen LogP contribution in [0.5, 0.6) is 0 Å². The van der Waals surface area contributed by atoms with E-state index in [9.17, 15) is 0 Å². The molecule has 0 aliphatic rings. The molecule has 0 spiro atoms. The predicted molar refractivity (Wildman–Crippen MR) is 93.0 cm³/mol. The van der Waals surface area contributed by atoms with Crippen molar-refractivity contribution in [1.29, 1.82) is 0 Å². The van der Waals surface area contributed by atoms with Crippen molar-refractivity contribution in [2.45, 2.75) is 13.0 Å². The Morgan fingerprint density at radius 3 is 3.17 bits per heavy atom. The van der Waals surface area contributed by atoms with Gasteiger partial charge in [-0.1, -0.05) is 0 Å². The molecule has 0 saturated carbocycles. The van der Waals surface area contributed by atoms with E-state index in [1.54, 1.807) is 13.3 Å². The van der Waals surface area contributed by atoms with Crippen molar-refractivity contribution in [3.63, 3.8) is 0 Å². The molecule has 1 atom stereocenters. The smallest absolute Gasteiger partial charge is 0.224 e. The molecule has 7 nitrogen and oxygen atoms in total. The summed E-state index contributed by atoms with van der Waals surface area (Å²) in [5.74, 6) is 0.590. The van der Waals surface area contributed by atoms with Gasteiger partial charge in [-0.3, -0.25) is 0 Å².